The number of thioether (sulfide) groups is 1. The molecule has 7 nitrogen and oxygen atoms in total. The van der Waals surface area contributed by atoms with Gasteiger partial charge in [0, 0.05) is 11.6 Å². The lowest BCUT2D eigenvalue weighted by molar-refractivity contribution is 0.535. The lowest BCUT2D eigenvalue weighted by Gasteiger charge is -2.09. The minimum atomic E-state index is 0.568. The molecule has 0 spiro atoms. The van der Waals surface area contributed by atoms with Crippen molar-refractivity contribution in [1.82, 2.24) is 24.4 Å². The van der Waals surface area contributed by atoms with Crippen LogP contribution in [0.5, 0.6) is 0 Å². The van der Waals surface area contributed by atoms with Crippen LogP contribution in [0.3, 0.4) is 0 Å². The van der Waals surface area contributed by atoms with Gasteiger partial charge in [0.05, 0.1) is 28.6 Å². The van der Waals surface area contributed by atoms with Gasteiger partial charge in [-0.25, -0.2) is 9.66 Å². The predicted octanol–water partition coefficient (Wildman–Crippen LogP) is 4.90. The van der Waals surface area contributed by atoms with E-state index in [1.807, 2.05) is 49.4 Å². The molecule has 9 heteroatoms. The Morgan fingerprint density at radius 2 is 1.94 bits per heavy atom. The van der Waals surface area contributed by atoms with Crippen molar-refractivity contribution in [3.05, 3.63) is 83.0 Å². The highest BCUT2D eigenvalue weighted by molar-refractivity contribution is 7.98. The fourth-order valence-electron chi connectivity index (χ4n) is 3.51. The van der Waals surface area contributed by atoms with Gasteiger partial charge in [-0.2, -0.15) is 0 Å². The third-order valence-corrected chi connectivity index (χ3v) is 6.24. The number of fused-ring (bicyclic) bond motifs is 1. The number of benzene rings is 2. The van der Waals surface area contributed by atoms with Crippen LogP contribution in [0.2, 0.25) is 5.02 Å². The molecule has 2 aromatic carbocycles. The molecule has 3 aromatic heterocycles. The van der Waals surface area contributed by atoms with Crippen LogP contribution in [0.4, 0.5) is 0 Å². The van der Waals surface area contributed by atoms with E-state index in [1.165, 1.54) is 22.0 Å². The van der Waals surface area contributed by atoms with Gasteiger partial charge in [0.2, 0.25) is 5.16 Å². The monoisotopic (exact) mass is 450 g/mol. The summed E-state index contributed by atoms with van der Waals surface area (Å²) < 4.78 is 9.05. The highest BCUT2D eigenvalue weighted by Gasteiger charge is 2.18. The first-order valence-corrected chi connectivity index (χ1v) is 11.0. The first kappa shape index (κ1) is 19.7. The maximum Gasteiger partial charge on any atom is 0.210 e. The van der Waals surface area contributed by atoms with Crippen LogP contribution in [-0.2, 0) is 12.3 Å². The molecule has 0 atom stereocenters. The minimum Gasteiger partial charge on any atom is -0.469 e. The lowest BCUT2D eigenvalue weighted by atomic mass is 10.2. The summed E-state index contributed by atoms with van der Waals surface area (Å²) >= 11 is 7.68. The van der Waals surface area contributed by atoms with E-state index in [9.17, 15) is 0 Å². The van der Waals surface area contributed by atoms with Crippen LogP contribution >= 0.6 is 23.4 Å². The molecule has 0 radical (unpaired) electrons. The van der Waals surface area contributed by atoms with E-state index in [2.05, 4.69) is 26.9 Å². The number of aryl methyl sites for hydroxylation is 1. The zero-order chi connectivity index (χ0) is 21.4. The second kappa shape index (κ2) is 8.13. The topological polar surface area (TPSA) is 87.7 Å². The summed E-state index contributed by atoms with van der Waals surface area (Å²) in [5, 5.41) is 9.77. The maximum absolute atomic E-state index is 6.27. The van der Waals surface area contributed by atoms with Crippen molar-refractivity contribution in [2.24, 2.45) is 0 Å². The molecule has 0 aliphatic carbocycles. The molecule has 0 fully saturated rings. The standard InChI is InChI=1S/C22H19ClN6OS/c1-14-17(9-10-30-14)21-26-27-22(29(21)24)31-13-20-25-18-11-16(23)7-8-19(18)28(20)12-15-5-3-2-4-6-15/h2-11H,12-13,24H2,1H3. The molecule has 3 heterocycles. The van der Waals surface area contributed by atoms with E-state index in [-0.39, 0.29) is 0 Å². The Kier molecular flexibility index (Phi) is 5.17. The summed E-state index contributed by atoms with van der Waals surface area (Å²) in [5.74, 6) is 9.08. The minimum absolute atomic E-state index is 0.568. The predicted molar refractivity (Wildman–Crippen MR) is 122 cm³/mol. The van der Waals surface area contributed by atoms with Crippen LogP contribution in [0.25, 0.3) is 22.4 Å². The normalized spacial score (nSPS) is 11.4. The molecular formula is C22H19ClN6OS. The zero-order valence-corrected chi connectivity index (χ0v) is 18.3. The molecule has 0 aliphatic rings. The van der Waals surface area contributed by atoms with Crippen molar-refractivity contribution in [3.8, 4) is 11.4 Å². The van der Waals surface area contributed by atoms with Crippen LogP contribution < -0.4 is 5.84 Å². The summed E-state index contributed by atoms with van der Waals surface area (Å²) in [6, 6.07) is 17.9. The molecule has 0 saturated carbocycles. The third-order valence-electron chi connectivity index (χ3n) is 5.07. The SMILES string of the molecule is Cc1occc1-c1nnc(SCc2nc3cc(Cl)ccc3n2Cc2ccccc2)n1N. The Morgan fingerprint density at radius 1 is 1.10 bits per heavy atom. The van der Waals surface area contributed by atoms with Gasteiger partial charge in [-0.3, -0.25) is 0 Å². The number of nitrogen functional groups attached to an aromatic ring is 1. The summed E-state index contributed by atoms with van der Waals surface area (Å²) in [7, 11) is 0. The second-order valence-corrected chi connectivity index (χ2v) is 8.47. The first-order chi connectivity index (χ1) is 15.1. The largest absolute Gasteiger partial charge is 0.469 e. The van der Waals surface area contributed by atoms with Crippen molar-refractivity contribution >= 4 is 34.4 Å². The Balaban J connectivity index is 1.46. The summed E-state index contributed by atoms with van der Waals surface area (Å²) in [5.41, 5.74) is 3.92. The number of imidazole rings is 1. The van der Waals surface area contributed by atoms with Crippen molar-refractivity contribution in [2.45, 2.75) is 24.4 Å². The van der Waals surface area contributed by atoms with E-state index < -0.39 is 0 Å². The number of furan rings is 1. The van der Waals surface area contributed by atoms with Gasteiger partial charge in [-0.15, -0.1) is 10.2 Å². The molecule has 0 unspecified atom stereocenters. The fourth-order valence-corrected chi connectivity index (χ4v) is 4.48. The van der Waals surface area contributed by atoms with Crippen LogP contribution in [0.15, 0.2) is 70.4 Å². The van der Waals surface area contributed by atoms with Crippen molar-refractivity contribution in [1.29, 1.82) is 0 Å². The molecule has 0 bridgehead atoms. The quantitative estimate of drug-likeness (QED) is 0.292. The number of nitrogens with zero attached hydrogens (tertiary/aromatic N) is 5. The Bertz CT molecular complexity index is 1360. The van der Waals surface area contributed by atoms with Crippen molar-refractivity contribution < 1.29 is 4.42 Å². The number of aromatic nitrogens is 5. The number of hydrogen-bond donors (Lipinski definition) is 1. The highest BCUT2D eigenvalue weighted by Crippen LogP contribution is 2.29. The van der Waals surface area contributed by atoms with Gasteiger partial charge in [-0.05, 0) is 36.8 Å². The van der Waals surface area contributed by atoms with Gasteiger partial charge in [0.1, 0.15) is 11.6 Å². The van der Waals surface area contributed by atoms with Gasteiger partial charge in [0.25, 0.3) is 0 Å². The molecule has 5 rings (SSSR count). The van der Waals surface area contributed by atoms with E-state index in [0.29, 0.717) is 28.3 Å². The van der Waals surface area contributed by atoms with Gasteiger partial charge >= 0.3 is 0 Å². The third kappa shape index (κ3) is 3.80. The van der Waals surface area contributed by atoms with Gasteiger partial charge < -0.3 is 14.8 Å². The number of nitrogens with two attached hydrogens (primary N) is 1. The Morgan fingerprint density at radius 3 is 2.71 bits per heavy atom. The first-order valence-electron chi connectivity index (χ1n) is 9.66. The Hall–Kier alpha value is -3.23. The van der Waals surface area contributed by atoms with Crippen molar-refractivity contribution in [2.75, 3.05) is 5.84 Å². The summed E-state index contributed by atoms with van der Waals surface area (Å²) in [6.07, 6.45) is 1.61. The smallest absolute Gasteiger partial charge is 0.210 e. The fraction of sp³-hybridized carbons (Fsp3) is 0.136. The number of halogens is 1. The Labute approximate surface area is 187 Å². The molecular weight excluding hydrogens is 432 g/mol. The average molecular weight is 451 g/mol. The maximum atomic E-state index is 6.27. The number of hydrogen-bond acceptors (Lipinski definition) is 6. The van der Waals surface area contributed by atoms with E-state index in [0.717, 1.165) is 28.2 Å². The average Bonchev–Trinajstić information content (AvgIpc) is 3.44. The van der Waals surface area contributed by atoms with Crippen LogP contribution in [-0.4, -0.2) is 24.4 Å². The van der Waals surface area contributed by atoms with Gasteiger partial charge in [-0.1, -0.05) is 53.7 Å². The second-order valence-electron chi connectivity index (χ2n) is 7.09. The molecule has 0 amide bonds. The molecule has 2 N–H and O–H groups in total. The van der Waals surface area contributed by atoms with E-state index in [1.54, 1.807) is 6.26 Å². The van der Waals surface area contributed by atoms with Crippen molar-refractivity contribution in [3.63, 3.8) is 0 Å². The van der Waals surface area contributed by atoms with E-state index in [4.69, 9.17) is 26.8 Å². The summed E-state index contributed by atoms with van der Waals surface area (Å²) in [4.78, 5) is 4.83. The molecule has 31 heavy (non-hydrogen) atoms. The molecule has 0 saturated heterocycles. The lowest BCUT2D eigenvalue weighted by Crippen LogP contribution is -2.12. The summed E-state index contributed by atoms with van der Waals surface area (Å²) in [6.45, 7) is 2.58. The highest BCUT2D eigenvalue weighted by atomic mass is 35.5. The van der Waals surface area contributed by atoms with Crippen LogP contribution in [0, 0.1) is 6.92 Å². The molecule has 156 valence electrons. The van der Waals surface area contributed by atoms with E-state index >= 15 is 0 Å². The molecule has 0 aliphatic heterocycles. The number of rotatable bonds is 6. The van der Waals surface area contributed by atoms with Gasteiger partial charge in [0.15, 0.2) is 5.82 Å². The van der Waals surface area contributed by atoms with Crippen LogP contribution in [0.1, 0.15) is 17.1 Å². The molecule has 5 aromatic rings. The zero-order valence-electron chi connectivity index (χ0n) is 16.7.